The van der Waals surface area contributed by atoms with Crippen LogP contribution < -0.4 is 0 Å². The molecule has 0 unspecified atom stereocenters. The highest BCUT2D eigenvalue weighted by Gasteiger charge is 2.20. The summed E-state index contributed by atoms with van der Waals surface area (Å²) in [6.07, 6.45) is 0.935. The lowest BCUT2D eigenvalue weighted by molar-refractivity contribution is -0.137. The van der Waals surface area contributed by atoms with Crippen LogP contribution >= 0.6 is 0 Å². The fourth-order valence-electron chi connectivity index (χ4n) is 3.68. The molecule has 0 aliphatic carbocycles. The topological polar surface area (TPSA) is 93.1 Å². The number of carbonyl (C=O) groups is 2. The van der Waals surface area contributed by atoms with E-state index in [-0.39, 0.29) is 30.6 Å². The van der Waals surface area contributed by atoms with E-state index in [0.29, 0.717) is 35.1 Å². The second-order valence-electron chi connectivity index (χ2n) is 7.94. The second kappa shape index (κ2) is 12.4. The zero-order chi connectivity index (χ0) is 25.3. The lowest BCUT2D eigenvalue weighted by Gasteiger charge is -2.20. The molecule has 0 atom stereocenters. The highest BCUT2D eigenvalue weighted by atomic mass is 16.5. The Hall–Kier alpha value is -3.90. The van der Waals surface area contributed by atoms with Crippen molar-refractivity contribution in [2.24, 2.45) is 0 Å². The average molecular weight is 463 g/mol. The van der Waals surface area contributed by atoms with Gasteiger partial charge < -0.3 is 19.7 Å². The SMILES string of the molecule is CC#CC(=O)OCCc1cc(C)c(O)c(C(C)c2cc(CCOC(=O)C#CC)cc(C)c2O)c1. The number of hydrogen-bond donors (Lipinski definition) is 2. The standard InChI is InChI=1S/C28H30O6/c1-6-8-25(29)33-12-10-21-14-18(3)27(31)23(16-21)20(5)24-17-22(15-19(4)28(24)32)11-13-34-26(30)9-7-2/h14-17,20,31-32H,10-13H2,1-5H3. The summed E-state index contributed by atoms with van der Waals surface area (Å²) in [5.74, 6) is 8.51. The molecular formula is C28H30O6. The molecule has 0 saturated heterocycles. The van der Waals surface area contributed by atoms with Gasteiger partial charge in [-0.15, -0.1) is 0 Å². The molecule has 34 heavy (non-hydrogen) atoms. The van der Waals surface area contributed by atoms with Crippen molar-refractivity contribution < 1.29 is 29.3 Å². The Labute approximate surface area is 200 Å². The van der Waals surface area contributed by atoms with E-state index in [1.807, 2.05) is 31.2 Å². The van der Waals surface area contributed by atoms with Gasteiger partial charge in [0.2, 0.25) is 0 Å². The number of aryl methyl sites for hydroxylation is 2. The van der Waals surface area contributed by atoms with Gasteiger partial charge in [0, 0.05) is 41.7 Å². The molecule has 6 heteroatoms. The second-order valence-corrected chi connectivity index (χ2v) is 7.94. The van der Waals surface area contributed by atoms with E-state index >= 15 is 0 Å². The van der Waals surface area contributed by atoms with Gasteiger partial charge >= 0.3 is 11.9 Å². The number of esters is 2. The Morgan fingerprint density at radius 1 is 0.794 bits per heavy atom. The molecule has 2 aromatic rings. The van der Waals surface area contributed by atoms with Crippen LogP contribution in [0.1, 0.15) is 60.1 Å². The van der Waals surface area contributed by atoms with E-state index in [2.05, 4.69) is 23.7 Å². The molecule has 178 valence electrons. The highest BCUT2D eigenvalue weighted by Crippen LogP contribution is 2.39. The monoisotopic (exact) mass is 462 g/mol. The molecule has 0 radical (unpaired) electrons. The van der Waals surface area contributed by atoms with Crippen molar-refractivity contribution in [3.8, 4) is 35.2 Å². The summed E-state index contributed by atoms with van der Waals surface area (Å²) in [5, 5.41) is 21.5. The van der Waals surface area contributed by atoms with Gasteiger partial charge in [-0.05, 0) is 49.9 Å². The Morgan fingerprint density at radius 2 is 1.18 bits per heavy atom. The minimum absolute atomic E-state index is 0.152. The van der Waals surface area contributed by atoms with E-state index in [1.54, 1.807) is 27.7 Å². The molecule has 6 nitrogen and oxygen atoms in total. The maximum atomic E-state index is 11.5. The highest BCUT2D eigenvalue weighted by molar-refractivity contribution is 5.88. The van der Waals surface area contributed by atoms with Gasteiger partial charge in [0.15, 0.2) is 0 Å². The van der Waals surface area contributed by atoms with Gasteiger partial charge in [0.05, 0.1) is 13.2 Å². The first-order chi connectivity index (χ1) is 16.2. The fourth-order valence-corrected chi connectivity index (χ4v) is 3.68. The Morgan fingerprint density at radius 3 is 1.53 bits per heavy atom. The van der Waals surface area contributed by atoms with E-state index < -0.39 is 11.9 Å². The molecule has 0 aliphatic heterocycles. The van der Waals surface area contributed by atoms with Crippen molar-refractivity contribution in [1.82, 2.24) is 0 Å². The minimum Gasteiger partial charge on any atom is -0.507 e. The zero-order valence-corrected chi connectivity index (χ0v) is 20.2. The van der Waals surface area contributed by atoms with Crippen molar-refractivity contribution in [2.75, 3.05) is 13.2 Å². The Bertz CT molecular complexity index is 1090. The van der Waals surface area contributed by atoms with Crippen LogP contribution in [-0.2, 0) is 31.9 Å². The summed E-state index contributed by atoms with van der Waals surface area (Å²) >= 11 is 0. The number of hydrogen-bond acceptors (Lipinski definition) is 6. The number of phenols is 2. The van der Waals surface area contributed by atoms with Crippen LogP contribution in [0, 0.1) is 37.5 Å². The largest absolute Gasteiger partial charge is 0.507 e. The van der Waals surface area contributed by atoms with E-state index in [4.69, 9.17) is 9.47 Å². The molecule has 2 aromatic carbocycles. The van der Waals surface area contributed by atoms with E-state index in [1.165, 1.54) is 0 Å². The lowest BCUT2D eigenvalue weighted by atomic mass is 9.86. The van der Waals surface area contributed by atoms with Gasteiger partial charge in [0.25, 0.3) is 0 Å². The third-order valence-electron chi connectivity index (χ3n) is 5.41. The molecule has 0 spiro atoms. The molecule has 0 amide bonds. The van der Waals surface area contributed by atoms with Crippen LogP contribution in [0.4, 0.5) is 0 Å². The van der Waals surface area contributed by atoms with Crippen LogP contribution in [-0.4, -0.2) is 35.4 Å². The van der Waals surface area contributed by atoms with Gasteiger partial charge in [-0.25, -0.2) is 9.59 Å². The summed E-state index contributed by atoms with van der Waals surface area (Å²) in [6.45, 7) is 9.00. The number of benzene rings is 2. The number of carbonyl (C=O) groups excluding carboxylic acids is 2. The number of aromatic hydroxyl groups is 2. The molecule has 0 bridgehead atoms. The molecule has 0 aromatic heterocycles. The normalized spacial score (nSPS) is 10.1. The summed E-state index contributed by atoms with van der Waals surface area (Å²) in [5.41, 5.74) is 4.49. The van der Waals surface area contributed by atoms with Crippen molar-refractivity contribution in [2.45, 2.75) is 53.4 Å². The molecular weight excluding hydrogens is 432 g/mol. The maximum absolute atomic E-state index is 11.5. The Balaban J connectivity index is 2.27. The fraction of sp³-hybridized carbons (Fsp3) is 0.357. The first kappa shape index (κ1) is 26.4. The zero-order valence-electron chi connectivity index (χ0n) is 20.2. The first-order valence-corrected chi connectivity index (χ1v) is 11.0. The van der Waals surface area contributed by atoms with E-state index in [0.717, 1.165) is 11.1 Å². The van der Waals surface area contributed by atoms with Crippen LogP contribution in [0.25, 0.3) is 0 Å². The predicted octanol–water partition coefficient (Wildman–Crippen LogP) is 4.08. The van der Waals surface area contributed by atoms with Crippen molar-refractivity contribution in [3.05, 3.63) is 57.6 Å². The van der Waals surface area contributed by atoms with Gasteiger partial charge in [-0.1, -0.05) is 43.0 Å². The molecule has 0 heterocycles. The smallest absolute Gasteiger partial charge is 0.384 e. The third-order valence-corrected chi connectivity index (χ3v) is 5.41. The Kier molecular flexibility index (Phi) is 9.59. The van der Waals surface area contributed by atoms with Crippen LogP contribution in [0.5, 0.6) is 11.5 Å². The van der Waals surface area contributed by atoms with Gasteiger partial charge in [-0.2, -0.15) is 0 Å². The van der Waals surface area contributed by atoms with Crippen LogP contribution in [0.3, 0.4) is 0 Å². The van der Waals surface area contributed by atoms with Crippen molar-refractivity contribution in [3.63, 3.8) is 0 Å². The molecule has 2 rings (SSSR count). The van der Waals surface area contributed by atoms with Gasteiger partial charge in [-0.3, -0.25) is 0 Å². The van der Waals surface area contributed by atoms with E-state index in [9.17, 15) is 19.8 Å². The van der Waals surface area contributed by atoms with Crippen LogP contribution in [0.15, 0.2) is 24.3 Å². The summed E-state index contributed by atoms with van der Waals surface area (Å²) in [4.78, 5) is 22.9. The number of rotatable bonds is 8. The van der Waals surface area contributed by atoms with Crippen molar-refractivity contribution in [1.29, 1.82) is 0 Å². The maximum Gasteiger partial charge on any atom is 0.384 e. The van der Waals surface area contributed by atoms with Crippen molar-refractivity contribution >= 4 is 11.9 Å². The molecule has 0 fully saturated rings. The predicted molar refractivity (Wildman–Crippen MR) is 129 cm³/mol. The average Bonchev–Trinajstić information content (AvgIpc) is 2.78. The summed E-state index contributed by atoms with van der Waals surface area (Å²) in [7, 11) is 0. The van der Waals surface area contributed by atoms with Gasteiger partial charge in [0.1, 0.15) is 11.5 Å². The number of phenolic OH excluding ortho intramolecular Hbond substituents is 2. The number of ether oxygens (including phenoxy) is 2. The molecule has 0 saturated carbocycles. The quantitative estimate of drug-likeness (QED) is 0.349. The molecule has 2 N–H and O–H groups in total. The summed E-state index contributed by atoms with van der Waals surface area (Å²) < 4.78 is 10.2. The summed E-state index contributed by atoms with van der Waals surface area (Å²) in [6, 6.07) is 7.41. The first-order valence-electron chi connectivity index (χ1n) is 11.0. The molecule has 0 aliphatic rings. The lowest BCUT2D eigenvalue weighted by Crippen LogP contribution is -2.08. The minimum atomic E-state index is -0.573. The van der Waals surface area contributed by atoms with Crippen LogP contribution in [0.2, 0.25) is 0 Å². The third kappa shape index (κ3) is 7.05.